The van der Waals surface area contributed by atoms with Gasteiger partial charge in [0.1, 0.15) is 11.3 Å². The van der Waals surface area contributed by atoms with Crippen molar-refractivity contribution in [3.63, 3.8) is 0 Å². The van der Waals surface area contributed by atoms with E-state index in [1.165, 1.54) is 4.70 Å². The molecule has 1 aliphatic carbocycles. The van der Waals surface area contributed by atoms with E-state index in [-0.39, 0.29) is 5.91 Å². The highest BCUT2D eigenvalue weighted by molar-refractivity contribution is 7.22. The number of rotatable bonds is 6. The average molecular weight is 360 g/mol. The van der Waals surface area contributed by atoms with Crippen molar-refractivity contribution in [3.8, 4) is 5.75 Å². The normalized spacial score (nSPS) is 18.5. The van der Waals surface area contributed by atoms with Crippen LogP contribution >= 0.6 is 11.3 Å². The number of carbonyl (C=O) groups excluding carboxylic acids is 1. The summed E-state index contributed by atoms with van der Waals surface area (Å²) in [6.45, 7) is 5.64. The zero-order valence-corrected chi connectivity index (χ0v) is 15.3. The van der Waals surface area contributed by atoms with Crippen LogP contribution in [0, 0.1) is 5.92 Å². The molecule has 1 aromatic heterocycles. The molecule has 0 radical (unpaired) electrons. The van der Waals surface area contributed by atoms with Gasteiger partial charge in [0.25, 0.3) is 0 Å². The van der Waals surface area contributed by atoms with Crippen LogP contribution in [0.3, 0.4) is 0 Å². The quantitative estimate of drug-likeness (QED) is 0.853. The first-order valence-electron chi connectivity index (χ1n) is 8.93. The van der Waals surface area contributed by atoms with E-state index < -0.39 is 0 Å². The second kappa shape index (κ2) is 7.17. The summed E-state index contributed by atoms with van der Waals surface area (Å²) in [4.78, 5) is 21.2. The van der Waals surface area contributed by atoms with Crippen molar-refractivity contribution < 1.29 is 9.53 Å². The number of ether oxygens (including phenoxy) is 1. The van der Waals surface area contributed by atoms with Gasteiger partial charge in [-0.15, -0.1) is 0 Å². The molecule has 0 unspecified atom stereocenters. The third-order valence-electron chi connectivity index (χ3n) is 4.91. The SMILES string of the molecule is COc1cccc2sc(N3CCN(CCNC(=O)C4CC4)CC3)nc12. The minimum atomic E-state index is 0.238. The summed E-state index contributed by atoms with van der Waals surface area (Å²) in [6, 6.07) is 6.06. The van der Waals surface area contributed by atoms with Crippen molar-refractivity contribution >= 4 is 32.6 Å². The molecule has 1 aromatic carbocycles. The number of benzene rings is 1. The van der Waals surface area contributed by atoms with Gasteiger partial charge in [-0.25, -0.2) is 4.98 Å². The fourth-order valence-electron chi connectivity index (χ4n) is 3.20. The number of hydrogen-bond acceptors (Lipinski definition) is 6. The molecule has 134 valence electrons. The van der Waals surface area contributed by atoms with Gasteiger partial charge in [0.2, 0.25) is 5.91 Å². The third-order valence-corrected chi connectivity index (χ3v) is 5.99. The Kier molecular flexibility index (Phi) is 4.76. The van der Waals surface area contributed by atoms with Crippen LogP contribution in [-0.4, -0.2) is 62.2 Å². The largest absolute Gasteiger partial charge is 0.494 e. The summed E-state index contributed by atoms with van der Waals surface area (Å²) in [5.74, 6) is 1.37. The molecule has 1 N–H and O–H groups in total. The number of amides is 1. The summed E-state index contributed by atoms with van der Waals surface area (Å²) >= 11 is 1.73. The second-order valence-electron chi connectivity index (χ2n) is 6.70. The first kappa shape index (κ1) is 16.6. The number of thiazole rings is 1. The molecule has 1 saturated heterocycles. The van der Waals surface area contributed by atoms with E-state index in [9.17, 15) is 4.79 Å². The summed E-state index contributed by atoms with van der Waals surface area (Å²) < 4.78 is 6.58. The van der Waals surface area contributed by atoms with E-state index in [2.05, 4.69) is 21.2 Å². The summed E-state index contributed by atoms with van der Waals surface area (Å²) in [7, 11) is 1.69. The van der Waals surface area contributed by atoms with Gasteiger partial charge >= 0.3 is 0 Å². The molecular weight excluding hydrogens is 336 g/mol. The molecule has 1 amide bonds. The number of aromatic nitrogens is 1. The fraction of sp³-hybridized carbons (Fsp3) is 0.556. The Morgan fingerprint density at radius 3 is 2.84 bits per heavy atom. The Balaban J connectivity index is 1.30. The van der Waals surface area contributed by atoms with E-state index in [1.54, 1.807) is 18.4 Å². The summed E-state index contributed by atoms with van der Waals surface area (Å²) in [5, 5.41) is 4.12. The molecule has 6 nitrogen and oxygen atoms in total. The lowest BCUT2D eigenvalue weighted by Gasteiger charge is -2.34. The number of nitrogens with one attached hydrogen (secondary N) is 1. The molecule has 2 aromatic rings. The monoisotopic (exact) mass is 360 g/mol. The molecule has 2 heterocycles. The van der Waals surface area contributed by atoms with Crippen LogP contribution in [0.4, 0.5) is 5.13 Å². The highest BCUT2D eigenvalue weighted by Gasteiger charge is 2.29. The molecule has 4 rings (SSSR count). The Morgan fingerprint density at radius 2 is 2.12 bits per heavy atom. The Hall–Kier alpha value is -1.86. The smallest absolute Gasteiger partial charge is 0.223 e. The third kappa shape index (κ3) is 3.72. The minimum absolute atomic E-state index is 0.238. The fourth-order valence-corrected chi connectivity index (χ4v) is 4.24. The van der Waals surface area contributed by atoms with E-state index in [0.717, 1.165) is 68.5 Å². The topological polar surface area (TPSA) is 57.7 Å². The number of fused-ring (bicyclic) bond motifs is 1. The van der Waals surface area contributed by atoms with Crippen LogP contribution < -0.4 is 15.0 Å². The van der Waals surface area contributed by atoms with Gasteiger partial charge in [0, 0.05) is 45.2 Å². The lowest BCUT2D eigenvalue weighted by atomic mass is 10.3. The van der Waals surface area contributed by atoms with E-state index in [1.807, 2.05) is 12.1 Å². The van der Waals surface area contributed by atoms with Gasteiger partial charge in [-0.1, -0.05) is 17.4 Å². The number of anilines is 1. The number of piperazine rings is 1. The first-order chi connectivity index (χ1) is 12.2. The van der Waals surface area contributed by atoms with Gasteiger partial charge in [-0.3, -0.25) is 9.69 Å². The summed E-state index contributed by atoms with van der Waals surface area (Å²) in [6.07, 6.45) is 2.13. The van der Waals surface area contributed by atoms with Gasteiger partial charge in [0.15, 0.2) is 5.13 Å². The molecule has 1 saturated carbocycles. The first-order valence-corrected chi connectivity index (χ1v) is 9.75. The van der Waals surface area contributed by atoms with Crippen LogP contribution in [0.1, 0.15) is 12.8 Å². The Morgan fingerprint density at radius 1 is 1.32 bits per heavy atom. The maximum absolute atomic E-state index is 11.7. The average Bonchev–Trinajstić information content (AvgIpc) is 3.40. The molecule has 2 aliphatic rings. The number of nitrogens with zero attached hydrogens (tertiary/aromatic N) is 3. The minimum Gasteiger partial charge on any atom is -0.494 e. The van der Waals surface area contributed by atoms with Crippen LogP contribution in [0.5, 0.6) is 5.75 Å². The lowest BCUT2D eigenvalue weighted by Crippen LogP contribution is -2.48. The summed E-state index contributed by atoms with van der Waals surface area (Å²) in [5.41, 5.74) is 0.954. The van der Waals surface area contributed by atoms with Crippen molar-refractivity contribution in [1.82, 2.24) is 15.2 Å². The van der Waals surface area contributed by atoms with Gasteiger partial charge in [-0.05, 0) is 25.0 Å². The lowest BCUT2D eigenvalue weighted by molar-refractivity contribution is -0.122. The van der Waals surface area contributed by atoms with E-state index >= 15 is 0 Å². The molecule has 0 spiro atoms. The van der Waals surface area contributed by atoms with Crippen molar-refractivity contribution in [2.45, 2.75) is 12.8 Å². The zero-order chi connectivity index (χ0) is 17.2. The van der Waals surface area contributed by atoms with Crippen molar-refractivity contribution in [2.24, 2.45) is 5.92 Å². The molecule has 7 heteroatoms. The van der Waals surface area contributed by atoms with Crippen LogP contribution in [0.25, 0.3) is 10.2 Å². The maximum atomic E-state index is 11.7. The molecule has 1 aliphatic heterocycles. The van der Waals surface area contributed by atoms with Gasteiger partial charge < -0.3 is 15.0 Å². The van der Waals surface area contributed by atoms with Gasteiger partial charge in [-0.2, -0.15) is 0 Å². The maximum Gasteiger partial charge on any atom is 0.223 e. The number of para-hydroxylation sites is 1. The number of methoxy groups -OCH3 is 1. The highest BCUT2D eigenvalue weighted by atomic mass is 32.1. The molecule has 25 heavy (non-hydrogen) atoms. The number of hydrogen-bond donors (Lipinski definition) is 1. The van der Waals surface area contributed by atoms with Crippen LogP contribution in [0.2, 0.25) is 0 Å². The number of carbonyl (C=O) groups is 1. The predicted octanol–water partition coefficient (Wildman–Crippen LogP) is 1.95. The highest BCUT2D eigenvalue weighted by Crippen LogP contribution is 2.34. The van der Waals surface area contributed by atoms with Crippen molar-refractivity contribution in [3.05, 3.63) is 18.2 Å². The van der Waals surface area contributed by atoms with Crippen LogP contribution in [0.15, 0.2) is 18.2 Å². The molecule has 0 bridgehead atoms. The van der Waals surface area contributed by atoms with E-state index in [0.29, 0.717) is 5.92 Å². The van der Waals surface area contributed by atoms with Gasteiger partial charge in [0.05, 0.1) is 11.8 Å². The molecular formula is C18H24N4O2S. The predicted molar refractivity (Wildman–Crippen MR) is 101 cm³/mol. The Bertz CT molecular complexity index is 751. The van der Waals surface area contributed by atoms with E-state index in [4.69, 9.17) is 9.72 Å². The molecule has 0 atom stereocenters. The standard InChI is InChI=1S/C18H24N4O2S/c1-24-14-3-2-4-15-16(14)20-18(25-15)22-11-9-21(10-12-22)8-7-19-17(23)13-5-6-13/h2-4,13H,5-12H2,1H3,(H,19,23). The van der Waals surface area contributed by atoms with Crippen LogP contribution in [-0.2, 0) is 4.79 Å². The second-order valence-corrected chi connectivity index (χ2v) is 7.71. The Labute approximate surface area is 151 Å². The molecule has 2 fully saturated rings. The zero-order valence-electron chi connectivity index (χ0n) is 14.5. The van der Waals surface area contributed by atoms with Crippen molar-refractivity contribution in [1.29, 1.82) is 0 Å². The van der Waals surface area contributed by atoms with Crippen molar-refractivity contribution in [2.75, 3.05) is 51.3 Å².